The van der Waals surface area contributed by atoms with E-state index in [2.05, 4.69) is 10.3 Å². The minimum atomic E-state index is -0.223. The number of rotatable bonds is 8. The number of carbonyl (C=O) groups excluding carboxylic acids is 1. The van der Waals surface area contributed by atoms with Crippen LogP contribution < -0.4 is 20.3 Å². The number of nitrogens with one attached hydrogen (secondary N) is 1. The van der Waals surface area contributed by atoms with Gasteiger partial charge in [0.05, 0.1) is 31.2 Å². The molecule has 0 atom stereocenters. The summed E-state index contributed by atoms with van der Waals surface area (Å²) >= 11 is 2.63. The summed E-state index contributed by atoms with van der Waals surface area (Å²) < 4.78 is 12.8. The second kappa shape index (κ2) is 9.11. The number of hydrogen-bond acceptors (Lipinski definition) is 7. The number of thioether (sulfide) groups is 1. The predicted molar refractivity (Wildman–Crippen MR) is 113 cm³/mol. The van der Waals surface area contributed by atoms with Crippen molar-refractivity contribution in [2.24, 2.45) is 0 Å². The highest BCUT2D eigenvalue weighted by Crippen LogP contribution is 2.29. The Balaban J connectivity index is 1.78. The first-order valence-electron chi connectivity index (χ1n) is 8.70. The van der Waals surface area contributed by atoms with Crippen molar-refractivity contribution in [2.45, 2.75) is 25.0 Å². The van der Waals surface area contributed by atoms with Crippen molar-refractivity contribution in [3.8, 4) is 11.5 Å². The van der Waals surface area contributed by atoms with Gasteiger partial charge in [0.1, 0.15) is 16.2 Å². The van der Waals surface area contributed by atoms with Gasteiger partial charge in [-0.1, -0.05) is 18.7 Å². The topological polar surface area (TPSA) is 82.5 Å². The first kappa shape index (κ1) is 20.2. The van der Waals surface area contributed by atoms with Gasteiger partial charge in [-0.15, -0.1) is 11.3 Å². The lowest BCUT2D eigenvalue weighted by Crippen LogP contribution is -2.23. The van der Waals surface area contributed by atoms with Crippen molar-refractivity contribution < 1.29 is 14.3 Å². The van der Waals surface area contributed by atoms with Crippen LogP contribution in [0.1, 0.15) is 13.3 Å². The first-order valence-corrected chi connectivity index (χ1v) is 10.6. The molecular formula is C19H21N3O4S2. The van der Waals surface area contributed by atoms with Crippen LogP contribution in [-0.4, -0.2) is 35.4 Å². The largest absolute Gasteiger partial charge is 0.497 e. The van der Waals surface area contributed by atoms with Gasteiger partial charge in [-0.25, -0.2) is 4.98 Å². The number of hydrogen-bond donors (Lipinski definition) is 1. The van der Waals surface area contributed by atoms with E-state index < -0.39 is 0 Å². The quantitative estimate of drug-likeness (QED) is 0.444. The molecule has 0 aliphatic rings. The lowest BCUT2D eigenvalue weighted by molar-refractivity contribution is -0.113. The molecule has 0 saturated carbocycles. The highest BCUT2D eigenvalue weighted by atomic mass is 32.2. The summed E-state index contributed by atoms with van der Waals surface area (Å²) in [5.41, 5.74) is 1.14. The van der Waals surface area contributed by atoms with Gasteiger partial charge in [0.2, 0.25) is 5.91 Å². The molecule has 3 rings (SSSR count). The number of thiophene rings is 1. The van der Waals surface area contributed by atoms with Gasteiger partial charge in [-0.3, -0.25) is 14.2 Å². The molecule has 3 aromatic rings. The van der Waals surface area contributed by atoms with E-state index >= 15 is 0 Å². The minimum Gasteiger partial charge on any atom is -0.497 e. The molecule has 0 aliphatic heterocycles. The van der Waals surface area contributed by atoms with Crippen LogP contribution in [0.2, 0.25) is 0 Å². The van der Waals surface area contributed by atoms with Gasteiger partial charge in [-0.2, -0.15) is 0 Å². The molecule has 0 radical (unpaired) electrons. The average molecular weight is 420 g/mol. The predicted octanol–water partition coefficient (Wildman–Crippen LogP) is 3.62. The molecule has 148 valence electrons. The molecule has 0 fully saturated rings. The number of carbonyl (C=O) groups is 1. The maximum absolute atomic E-state index is 12.7. The molecule has 1 aromatic carbocycles. The van der Waals surface area contributed by atoms with E-state index in [-0.39, 0.29) is 17.2 Å². The number of anilines is 1. The van der Waals surface area contributed by atoms with E-state index in [1.165, 1.54) is 30.2 Å². The molecule has 0 unspecified atom stereocenters. The van der Waals surface area contributed by atoms with Crippen molar-refractivity contribution in [3.63, 3.8) is 0 Å². The molecule has 0 saturated heterocycles. The van der Waals surface area contributed by atoms with Crippen molar-refractivity contribution in [3.05, 3.63) is 40.0 Å². The van der Waals surface area contributed by atoms with Crippen molar-refractivity contribution in [1.29, 1.82) is 0 Å². The fraction of sp³-hybridized carbons (Fsp3) is 0.316. The lowest BCUT2D eigenvalue weighted by Gasteiger charge is -2.13. The zero-order chi connectivity index (χ0) is 20.1. The van der Waals surface area contributed by atoms with Gasteiger partial charge >= 0.3 is 0 Å². The number of amides is 1. The highest BCUT2D eigenvalue weighted by Gasteiger charge is 2.15. The Labute approximate surface area is 170 Å². The van der Waals surface area contributed by atoms with Gasteiger partial charge in [0.25, 0.3) is 5.56 Å². The van der Waals surface area contributed by atoms with Gasteiger partial charge in [-0.05, 0) is 30.0 Å². The number of methoxy groups -OCH3 is 2. The average Bonchev–Trinajstić information content (AvgIpc) is 3.17. The van der Waals surface area contributed by atoms with Crippen LogP contribution in [0.4, 0.5) is 5.69 Å². The van der Waals surface area contributed by atoms with Crippen LogP contribution in [-0.2, 0) is 11.3 Å². The molecule has 28 heavy (non-hydrogen) atoms. The zero-order valence-corrected chi connectivity index (χ0v) is 17.5. The van der Waals surface area contributed by atoms with Gasteiger partial charge < -0.3 is 14.8 Å². The maximum Gasteiger partial charge on any atom is 0.272 e. The van der Waals surface area contributed by atoms with E-state index in [0.29, 0.717) is 39.1 Å². The number of benzene rings is 1. The summed E-state index contributed by atoms with van der Waals surface area (Å²) in [6.07, 6.45) is 0.805. The Bertz CT molecular complexity index is 1050. The fourth-order valence-electron chi connectivity index (χ4n) is 2.68. The SMILES string of the molecule is CCCn1c(SCC(=O)Nc2cc(OC)ccc2OC)nc2ccsc2c1=O. The van der Waals surface area contributed by atoms with Crippen LogP contribution in [0.3, 0.4) is 0 Å². The Morgan fingerprint density at radius 2 is 2.11 bits per heavy atom. The fourth-order valence-corrected chi connectivity index (χ4v) is 4.29. The summed E-state index contributed by atoms with van der Waals surface area (Å²) in [6.45, 7) is 2.56. The summed E-state index contributed by atoms with van der Waals surface area (Å²) in [5.74, 6) is 1.05. The molecule has 0 aliphatic carbocycles. The van der Waals surface area contributed by atoms with E-state index in [0.717, 1.165) is 6.42 Å². The second-order valence-electron chi connectivity index (χ2n) is 5.89. The molecule has 7 nitrogen and oxygen atoms in total. The van der Waals surface area contributed by atoms with Crippen molar-refractivity contribution in [2.75, 3.05) is 25.3 Å². The zero-order valence-electron chi connectivity index (χ0n) is 15.9. The molecular weight excluding hydrogens is 398 g/mol. The van der Waals surface area contributed by atoms with E-state index in [1.54, 1.807) is 29.9 Å². The number of nitrogens with zero attached hydrogens (tertiary/aromatic N) is 2. The van der Waals surface area contributed by atoms with Crippen LogP contribution in [0.15, 0.2) is 39.6 Å². The third kappa shape index (κ3) is 4.31. The number of ether oxygens (including phenoxy) is 2. The standard InChI is InChI=1S/C19H21N3O4S2/c1-4-8-22-18(24)17-13(7-9-27-17)21-19(22)28-11-16(23)20-14-10-12(25-2)5-6-15(14)26-3/h5-7,9-10H,4,8,11H2,1-3H3,(H,20,23). The Morgan fingerprint density at radius 1 is 1.29 bits per heavy atom. The molecule has 2 heterocycles. The highest BCUT2D eigenvalue weighted by molar-refractivity contribution is 7.99. The third-order valence-corrected chi connectivity index (χ3v) is 5.86. The maximum atomic E-state index is 12.7. The summed E-state index contributed by atoms with van der Waals surface area (Å²) in [6, 6.07) is 7.01. The van der Waals surface area contributed by atoms with E-state index in [4.69, 9.17) is 9.47 Å². The first-order chi connectivity index (χ1) is 13.6. The third-order valence-electron chi connectivity index (χ3n) is 3.99. The Morgan fingerprint density at radius 3 is 2.82 bits per heavy atom. The number of aromatic nitrogens is 2. The summed E-state index contributed by atoms with van der Waals surface area (Å²) in [4.78, 5) is 29.7. The van der Waals surface area contributed by atoms with Crippen molar-refractivity contribution >= 4 is 44.9 Å². The molecule has 9 heteroatoms. The smallest absolute Gasteiger partial charge is 0.272 e. The lowest BCUT2D eigenvalue weighted by atomic mass is 10.2. The normalized spacial score (nSPS) is 10.8. The Hall–Kier alpha value is -2.52. The summed E-state index contributed by atoms with van der Waals surface area (Å²) in [7, 11) is 3.10. The molecule has 1 amide bonds. The summed E-state index contributed by atoms with van der Waals surface area (Å²) in [5, 5.41) is 5.23. The minimum absolute atomic E-state index is 0.0563. The molecule has 0 bridgehead atoms. The molecule has 2 aromatic heterocycles. The molecule has 1 N–H and O–H groups in total. The van der Waals surface area contributed by atoms with Crippen LogP contribution >= 0.6 is 23.1 Å². The molecule has 0 spiro atoms. The van der Waals surface area contributed by atoms with E-state index in [9.17, 15) is 9.59 Å². The monoisotopic (exact) mass is 419 g/mol. The second-order valence-corrected chi connectivity index (χ2v) is 7.75. The Kier molecular flexibility index (Phi) is 6.58. The van der Waals surface area contributed by atoms with Crippen LogP contribution in [0.5, 0.6) is 11.5 Å². The number of fused-ring (bicyclic) bond motifs is 1. The van der Waals surface area contributed by atoms with Gasteiger partial charge in [0, 0.05) is 12.6 Å². The van der Waals surface area contributed by atoms with Crippen LogP contribution in [0, 0.1) is 0 Å². The van der Waals surface area contributed by atoms with Gasteiger partial charge in [0.15, 0.2) is 5.16 Å². The van der Waals surface area contributed by atoms with Crippen molar-refractivity contribution in [1.82, 2.24) is 9.55 Å². The van der Waals surface area contributed by atoms with Crippen LogP contribution in [0.25, 0.3) is 10.2 Å². The van der Waals surface area contributed by atoms with E-state index in [1.807, 2.05) is 18.4 Å².